The number of nitrogens with zero attached hydrogens (tertiary/aromatic N) is 6. The van der Waals surface area contributed by atoms with Crippen molar-refractivity contribution >= 4 is 18.0 Å². The van der Waals surface area contributed by atoms with E-state index in [2.05, 4.69) is 15.1 Å². The molecule has 48 heavy (non-hydrogen) atoms. The quantitative estimate of drug-likeness (QED) is 0.178. The van der Waals surface area contributed by atoms with Gasteiger partial charge in [0.25, 0.3) is 0 Å². The van der Waals surface area contributed by atoms with Crippen LogP contribution in [-0.4, -0.2) is 68.1 Å². The van der Waals surface area contributed by atoms with Crippen LogP contribution >= 0.6 is 0 Å². The number of benzene rings is 1. The van der Waals surface area contributed by atoms with Crippen LogP contribution in [0.25, 0.3) is 11.1 Å². The molecule has 0 unspecified atom stereocenters. The topological polar surface area (TPSA) is 103 Å². The van der Waals surface area contributed by atoms with Gasteiger partial charge in [-0.3, -0.25) is 9.48 Å². The Morgan fingerprint density at radius 1 is 0.958 bits per heavy atom. The predicted octanol–water partition coefficient (Wildman–Crippen LogP) is 6.93. The molecule has 1 aromatic carbocycles. The standard InChI is InChI=1S/C34H42F4N6O4/c1-5-27-14-29(15-28(6-2)44(27)33(46)48-30-9-7-22(8-10-30)31(45)47-4)43(19-21-11-25(34(36,37)38)13-26(35)12-21)32-39-16-23(17-40-32)24-18-41-42(3)20-24/h11-13,16-18,20,22,27-30H,5-10,14-15,19H2,1-4H3/t22-,27-,28+,29+,30-. The van der Waals surface area contributed by atoms with Gasteiger partial charge >= 0.3 is 18.2 Å². The predicted molar refractivity (Wildman–Crippen MR) is 169 cm³/mol. The van der Waals surface area contributed by atoms with Crippen molar-refractivity contribution in [3.63, 3.8) is 0 Å². The Kier molecular flexibility index (Phi) is 10.9. The van der Waals surface area contributed by atoms with Crippen molar-refractivity contribution in [2.24, 2.45) is 13.0 Å². The Morgan fingerprint density at radius 2 is 1.60 bits per heavy atom. The van der Waals surface area contributed by atoms with Crippen LogP contribution in [0.3, 0.4) is 0 Å². The molecule has 260 valence electrons. The molecular formula is C34H42F4N6O4. The normalized spacial score (nSPS) is 23.1. The summed E-state index contributed by atoms with van der Waals surface area (Å²) in [5.41, 5.74) is 0.584. The molecule has 0 N–H and O–H groups in total. The molecule has 3 atom stereocenters. The molecule has 2 aromatic heterocycles. The van der Waals surface area contributed by atoms with E-state index in [1.54, 1.807) is 35.2 Å². The monoisotopic (exact) mass is 674 g/mol. The Morgan fingerprint density at radius 3 is 2.15 bits per heavy atom. The average molecular weight is 675 g/mol. The van der Waals surface area contributed by atoms with Crippen LogP contribution < -0.4 is 4.90 Å². The number of alkyl halides is 3. The van der Waals surface area contributed by atoms with Crippen LogP contribution in [0.5, 0.6) is 0 Å². The second-order valence-electron chi connectivity index (χ2n) is 12.7. The van der Waals surface area contributed by atoms with E-state index >= 15 is 0 Å². The van der Waals surface area contributed by atoms with Crippen LogP contribution in [0.2, 0.25) is 0 Å². The number of ether oxygens (including phenoxy) is 2. The molecule has 0 radical (unpaired) electrons. The van der Waals surface area contributed by atoms with Gasteiger partial charge in [0.2, 0.25) is 5.95 Å². The van der Waals surface area contributed by atoms with E-state index in [-0.39, 0.29) is 54.2 Å². The fourth-order valence-electron chi connectivity index (χ4n) is 6.97. The number of anilines is 1. The van der Waals surface area contributed by atoms with Crippen molar-refractivity contribution < 1.29 is 36.6 Å². The van der Waals surface area contributed by atoms with E-state index in [1.807, 2.05) is 24.9 Å². The van der Waals surface area contributed by atoms with E-state index in [4.69, 9.17) is 9.47 Å². The second-order valence-corrected chi connectivity index (χ2v) is 12.7. The summed E-state index contributed by atoms with van der Waals surface area (Å²) in [5.74, 6) is -1.13. The van der Waals surface area contributed by atoms with Crippen molar-refractivity contribution in [2.75, 3.05) is 12.0 Å². The summed E-state index contributed by atoms with van der Waals surface area (Å²) in [4.78, 5) is 38.5. The zero-order chi connectivity index (χ0) is 34.6. The van der Waals surface area contributed by atoms with Gasteiger partial charge < -0.3 is 19.3 Å². The highest BCUT2D eigenvalue weighted by Gasteiger charge is 2.42. The summed E-state index contributed by atoms with van der Waals surface area (Å²) >= 11 is 0. The summed E-state index contributed by atoms with van der Waals surface area (Å²) in [5, 5.41) is 4.19. The van der Waals surface area contributed by atoms with Crippen LogP contribution in [0.15, 0.2) is 43.0 Å². The number of amides is 1. The van der Waals surface area contributed by atoms with E-state index < -0.39 is 23.7 Å². The Bertz CT molecular complexity index is 1540. The van der Waals surface area contributed by atoms with Gasteiger partial charge in [0, 0.05) is 61.4 Å². The lowest BCUT2D eigenvalue weighted by Crippen LogP contribution is -2.57. The van der Waals surface area contributed by atoms with Gasteiger partial charge in [0.15, 0.2) is 0 Å². The number of carbonyl (C=O) groups excluding carboxylic acids is 2. The maximum atomic E-state index is 14.5. The minimum atomic E-state index is -4.71. The van der Waals surface area contributed by atoms with E-state index in [0.29, 0.717) is 63.0 Å². The number of halogens is 4. The Balaban J connectivity index is 1.40. The maximum absolute atomic E-state index is 14.5. The van der Waals surface area contributed by atoms with E-state index in [9.17, 15) is 27.2 Å². The van der Waals surface area contributed by atoms with Crippen molar-refractivity contribution in [1.29, 1.82) is 0 Å². The number of hydrogen-bond acceptors (Lipinski definition) is 8. The molecule has 14 heteroatoms. The second kappa shape index (κ2) is 14.9. The first kappa shape index (κ1) is 35.1. The Hall–Kier alpha value is -4.23. The molecule has 0 spiro atoms. The largest absolute Gasteiger partial charge is 0.469 e. The summed E-state index contributed by atoms with van der Waals surface area (Å²) in [6.07, 6.45) is 5.86. The number of aromatic nitrogens is 4. The van der Waals surface area contributed by atoms with Crippen molar-refractivity contribution in [3.05, 3.63) is 59.9 Å². The SMILES string of the molecule is CC[C@@H]1C[C@H](N(Cc2cc(F)cc(C(F)(F)F)c2)c2ncc(-c3cnn(C)c3)cn2)C[C@H](CC)N1C(=O)O[C@H]1CC[C@H](C(=O)OC)CC1. The number of aryl methyl sites for hydroxylation is 1. The van der Waals surface area contributed by atoms with Gasteiger partial charge in [-0.2, -0.15) is 18.3 Å². The molecule has 3 aromatic rings. The lowest BCUT2D eigenvalue weighted by molar-refractivity contribution is -0.147. The fourth-order valence-corrected chi connectivity index (χ4v) is 6.97. The highest BCUT2D eigenvalue weighted by atomic mass is 19.4. The molecule has 1 saturated heterocycles. The number of piperidine rings is 1. The smallest absolute Gasteiger partial charge is 0.416 e. The maximum Gasteiger partial charge on any atom is 0.416 e. The highest BCUT2D eigenvalue weighted by Crippen LogP contribution is 2.36. The summed E-state index contributed by atoms with van der Waals surface area (Å²) in [7, 11) is 3.16. The van der Waals surface area contributed by atoms with Crippen LogP contribution in [-0.2, 0) is 34.0 Å². The first-order chi connectivity index (χ1) is 22.9. The molecule has 2 aliphatic rings. The molecule has 1 aliphatic heterocycles. The summed E-state index contributed by atoms with van der Waals surface area (Å²) in [6, 6.07) is 1.80. The van der Waals surface area contributed by atoms with Crippen molar-refractivity contribution in [2.45, 2.75) is 102 Å². The lowest BCUT2D eigenvalue weighted by Gasteiger charge is -2.47. The molecule has 1 saturated carbocycles. The zero-order valence-corrected chi connectivity index (χ0v) is 27.6. The van der Waals surface area contributed by atoms with E-state index in [1.165, 1.54) is 7.11 Å². The van der Waals surface area contributed by atoms with Crippen LogP contribution in [0, 0.1) is 11.7 Å². The highest BCUT2D eigenvalue weighted by molar-refractivity contribution is 5.72. The first-order valence-electron chi connectivity index (χ1n) is 16.4. The number of rotatable bonds is 9. The number of hydrogen-bond donors (Lipinski definition) is 0. The van der Waals surface area contributed by atoms with Crippen LogP contribution in [0.1, 0.15) is 76.3 Å². The number of carbonyl (C=O) groups is 2. The Labute approximate surface area is 277 Å². The molecule has 1 amide bonds. The van der Waals surface area contributed by atoms with Gasteiger partial charge in [-0.1, -0.05) is 13.8 Å². The van der Waals surface area contributed by atoms with Gasteiger partial charge in [-0.25, -0.2) is 19.2 Å². The molecule has 5 rings (SSSR count). The summed E-state index contributed by atoms with van der Waals surface area (Å²) in [6.45, 7) is 3.89. The zero-order valence-electron chi connectivity index (χ0n) is 27.6. The third-order valence-electron chi connectivity index (χ3n) is 9.52. The van der Waals surface area contributed by atoms with Gasteiger partial charge in [-0.05, 0) is 75.1 Å². The molecule has 10 nitrogen and oxygen atoms in total. The average Bonchev–Trinajstić information content (AvgIpc) is 3.52. The summed E-state index contributed by atoms with van der Waals surface area (Å²) < 4.78 is 67.9. The third kappa shape index (κ3) is 8.07. The molecule has 1 aliphatic carbocycles. The van der Waals surface area contributed by atoms with Crippen molar-refractivity contribution in [1.82, 2.24) is 24.6 Å². The minimum absolute atomic E-state index is 0.0709. The van der Waals surface area contributed by atoms with Crippen LogP contribution in [0.4, 0.5) is 28.3 Å². The lowest BCUT2D eigenvalue weighted by atomic mass is 9.87. The van der Waals surface area contributed by atoms with E-state index in [0.717, 1.165) is 17.7 Å². The number of methoxy groups -OCH3 is 1. The number of likely N-dealkylation sites (tertiary alicyclic amines) is 1. The molecule has 3 heterocycles. The third-order valence-corrected chi connectivity index (χ3v) is 9.52. The molecular weight excluding hydrogens is 632 g/mol. The van der Waals surface area contributed by atoms with Gasteiger partial charge in [0.05, 0.1) is 24.8 Å². The minimum Gasteiger partial charge on any atom is -0.469 e. The van der Waals surface area contributed by atoms with Crippen molar-refractivity contribution in [3.8, 4) is 11.1 Å². The molecule has 2 fully saturated rings. The first-order valence-corrected chi connectivity index (χ1v) is 16.4. The molecule has 0 bridgehead atoms. The number of esters is 1. The fraction of sp³-hybridized carbons (Fsp3) is 0.559. The van der Waals surface area contributed by atoms with Gasteiger partial charge in [-0.15, -0.1) is 0 Å². The van der Waals surface area contributed by atoms with Gasteiger partial charge in [0.1, 0.15) is 11.9 Å².